The van der Waals surface area contributed by atoms with Gasteiger partial charge in [0.25, 0.3) is 0 Å². The lowest BCUT2D eigenvalue weighted by molar-refractivity contribution is 0.238. The van der Waals surface area contributed by atoms with E-state index < -0.39 is 0 Å². The second-order valence-corrected chi connectivity index (χ2v) is 5.49. The minimum Gasteiger partial charge on any atom is -0.316 e. The van der Waals surface area contributed by atoms with Gasteiger partial charge in [0, 0.05) is 13.1 Å². The molecule has 0 heterocycles. The first kappa shape index (κ1) is 17.6. The highest BCUT2D eigenvalue weighted by atomic mass is 19.1. The van der Waals surface area contributed by atoms with Gasteiger partial charge in [-0.2, -0.15) is 0 Å². The number of nitrogens with zero attached hydrogens (tertiary/aromatic N) is 1. The first-order chi connectivity index (χ1) is 11.2. The molecule has 0 bridgehead atoms. The van der Waals surface area contributed by atoms with E-state index in [1.807, 2.05) is 0 Å². The number of hydrogen-bond acceptors (Lipinski definition) is 2. The molecule has 2 nitrogen and oxygen atoms in total. The standard InChI is InChI=1S/C19H24F2N2/c1-3-22-13-14-23(4-2)19(15-5-9-17(20)10-6-15)16-7-11-18(21)12-8-16/h5-12,19,22H,3-4,13-14H2,1-2H3. The van der Waals surface area contributed by atoms with Crippen LogP contribution >= 0.6 is 0 Å². The summed E-state index contributed by atoms with van der Waals surface area (Å²) < 4.78 is 26.5. The van der Waals surface area contributed by atoms with Crippen molar-refractivity contribution in [1.29, 1.82) is 0 Å². The molecule has 2 aromatic carbocycles. The van der Waals surface area contributed by atoms with E-state index in [0.29, 0.717) is 0 Å². The lowest BCUT2D eigenvalue weighted by atomic mass is 9.97. The molecule has 0 saturated carbocycles. The van der Waals surface area contributed by atoms with E-state index in [-0.39, 0.29) is 17.7 Å². The van der Waals surface area contributed by atoms with Gasteiger partial charge in [0.1, 0.15) is 11.6 Å². The van der Waals surface area contributed by atoms with Crippen LogP contribution in [-0.2, 0) is 0 Å². The summed E-state index contributed by atoms with van der Waals surface area (Å²) in [5, 5.41) is 3.33. The normalized spacial score (nSPS) is 11.4. The average molecular weight is 318 g/mol. The molecule has 23 heavy (non-hydrogen) atoms. The molecule has 0 radical (unpaired) electrons. The van der Waals surface area contributed by atoms with Gasteiger partial charge in [0.15, 0.2) is 0 Å². The molecule has 0 aliphatic rings. The predicted octanol–water partition coefficient (Wildman–Crippen LogP) is 3.99. The zero-order valence-electron chi connectivity index (χ0n) is 13.7. The highest BCUT2D eigenvalue weighted by molar-refractivity contribution is 5.32. The summed E-state index contributed by atoms with van der Waals surface area (Å²) in [6.45, 7) is 7.70. The van der Waals surface area contributed by atoms with Crippen molar-refractivity contribution in [1.82, 2.24) is 10.2 Å². The van der Waals surface area contributed by atoms with Crippen LogP contribution in [0.4, 0.5) is 8.78 Å². The molecule has 1 N–H and O–H groups in total. The van der Waals surface area contributed by atoms with E-state index in [1.54, 1.807) is 24.3 Å². The highest BCUT2D eigenvalue weighted by Gasteiger charge is 2.21. The van der Waals surface area contributed by atoms with Crippen molar-refractivity contribution < 1.29 is 8.78 Å². The van der Waals surface area contributed by atoms with E-state index in [4.69, 9.17) is 0 Å². The number of rotatable bonds is 8. The molecule has 124 valence electrons. The summed E-state index contributed by atoms with van der Waals surface area (Å²) in [7, 11) is 0. The minimum atomic E-state index is -0.248. The van der Waals surface area contributed by atoms with Crippen molar-refractivity contribution >= 4 is 0 Å². The largest absolute Gasteiger partial charge is 0.316 e. The quantitative estimate of drug-likeness (QED) is 0.741. The zero-order chi connectivity index (χ0) is 16.7. The Labute approximate surface area is 137 Å². The van der Waals surface area contributed by atoms with Crippen LogP contribution in [0, 0.1) is 11.6 Å². The monoisotopic (exact) mass is 318 g/mol. The minimum absolute atomic E-state index is 0.0140. The number of likely N-dealkylation sites (N-methyl/N-ethyl adjacent to an activating group) is 2. The van der Waals surface area contributed by atoms with Crippen LogP contribution in [0.15, 0.2) is 48.5 Å². The Bertz CT molecular complexity index is 536. The summed E-state index contributed by atoms with van der Waals surface area (Å²) in [6, 6.07) is 13.1. The average Bonchev–Trinajstić information content (AvgIpc) is 2.57. The number of hydrogen-bond donors (Lipinski definition) is 1. The lowest BCUT2D eigenvalue weighted by Crippen LogP contribution is -2.35. The molecule has 0 aromatic heterocycles. The second-order valence-electron chi connectivity index (χ2n) is 5.49. The third kappa shape index (κ3) is 4.85. The van der Waals surface area contributed by atoms with Crippen molar-refractivity contribution in [3.8, 4) is 0 Å². The van der Waals surface area contributed by atoms with Gasteiger partial charge < -0.3 is 5.32 Å². The van der Waals surface area contributed by atoms with Crippen molar-refractivity contribution in [2.75, 3.05) is 26.2 Å². The number of nitrogens with one attached hydrogen (secondary N) is 1. The molecule has 4 heteroatoms. The Balaban J connectivity index is 2.32. The fraction of sp³-hybridized carbons (Fsp3) is 0.368. The Morgan fingerprint density at radius 2 is 1.35 bits per heavy atom. The van der Waals surface area contributed by atoms with Crippen molar-refractivity contribution in [3.05, 3.63) is 71.3 Å². The second kappa shape index (κ2) is 8.75. The smallest absolute Gasteiger partial charge is 0.123 e. The fourth-order valence-electron chi connectivity index (χ4n) is 2.77. The van der Waals surface area contributed by atoms with Gasteiger partial charge in [-0.25, -0.2) is 8.78 Å². The number of halogens is 2. The van der Waals surface area contributed by atoms with Crippen LogP contribution in [0.25, 0.3) is 0 Å². The summed E-state index contributed by atoms with van der Waals surface area (Å²) in [6.07, 6.45) is 0. The SMILES string of the molecule is CCNCCN(CC)C(c1ccc(F)cc1)c1ccc(F)cc1. The van der Waals surface area contributed by atoms with Gasteiger partial charge in [0.2, 0.25) is 0 Å². The molecular weight excluding hydrogens is 294 g/mol. The van der Waals surface area contributed by atoms with Gasteiger partial charge in [-0.15, -0.1) is 0 Å². The third-order valence-corrected chi connectivity index (χ3v) is 3.97. The van der Waals surface area contributed by atoms with E-state index in [9.17, 15) is 8.78 Å². The maximum atomic E-state index is 13.3. The van der Waals surface area contributed by atoms with Gasteiger partial charge in [-0.05, 0) is 48.5 Å². The van der Waals surface area contributed by atoms with E-state index in [2.05, 4.69) is 24.1 Å². The molecule has 0 aliphatic heterocycles. The Morgan fingerprint density at radius 1 is 0.870 bits per heavy atom. The lowest BCUT2D eigenvalue weighted by Gasteiger charge is -2.31. The summed E-state index contributed by atoms with van der Waals surface area (Å²) >= 11 is 0. The van der Waals surface area contributed by atoms with Gasteiger partial charge in [-0.1, -0.05) is 38.1 Å². The first-order valence-electron chi connectivity index (χ1n) is 8.11. The van der Waals surface area contributed by atoms with Crippen molar-refractivity contribution in [3.63, 3.8) is 0 Å². The molecule has 0 fully saturated rings. The molecule has 0 atom stereocenters. The van der Waals surface area contributed by atoms with Crippen molar-refractivity contribution in [2.24, 2.45) is 0 Å². The van der Waals surface area contributed by atoms with Gasteiger partial charge >= 0.3 is 0 Å². The van der Waals surface area contributed by atoms with E-state index in [1.165, 1.54) is 24.3 Å². The van der Waals surface area contributed by atoms with Crippen molar-refractivity contribution in [2.45, 2.75) is 19.9 Å². The fourth-order valence-corrected chi connectivity index (χ4v) is 2.77. The van der Waals surface area contributed by atoms with Crippen LogP contribution in [-0.4, -0.2) is 31.1 Å². The molecule has 0 unspecified atom stereocenters. The van der Waals surface area contributed by atoms with E-state index in [0.717, 1.165) is 37.3 Å². The van der Waals surface area contributed by atoms with Crippen LogP contribution in [0.3, 0.4) is 0 Å². The molecule has 2 aromatic rings. The van der Waals surface area contributed by atoms with Crippen LogP contribution in [0.2, 0.25) is 0 Å². The zero-order valence-corrected chi connectivity index (χ0v) is 13.7. The molecule has 0 amide bonds. The molecule has 0 saturated heterocycles. The Morgan fingerprint density at radius 3 is 1.74 bits per heavy atom. The first-order valence-corrected chi connectivity index (χ1v) is 8.11. The van der Waals surface area contributed by atoms with Gasteiger partial charge in [-0.3, -0.25) is 4.90 Å². The highest BCUT2D eigenvalue weighted by Crippen LogP contribution is 2.28. The van der Waals surface area contributed by atoms with Crippen LogP contribution in [0.1, 0.15) is 31.0 Å². The molecule has 0 spiro atoms. The molecule has 2 rings (SSSR count). The topological polar surface area (TPSA) is 15.3 Å². The van der Waals surface area contributed by atoms with Gasteiger partial charge in [0.05, 0.1) is 6.04 Å². The number of benzene rings is 2. The summed E-state index contributed by atoms with van der Waals surface area (Å²) in [5.41, 5.74) is 2.02. The summed E-state index contributed by atoms with van der Waals surface area (Å²) in [5.74, 6) is -0.496. The summed E-state index contributed by atoms with van der Waals surface area (Å²) in [4.78, 5) is 2.31. The maximum Gasteiger partial charge on any atom is 0.123 e. The van der Waals surface area contributed by atoms with E-state index >= 15 is 0 Å². The Kier molecular flexibility index (Phi) is 6.68. The Hall–Kier alpha value is -1.78. The predicted molar refractivity (Wildman–Crippen MR) is 90.4 cm³/mol. The van der Waals surface area contributed by atoms with Crippen LogP contribution < -0.4 is 5.32 Å². The third-order valence-electron chi connectivity index (χ3n) is 3.97. The molecular formula is C19H24F2N2. The maximum absolute atomic E-state index is 13.3. The molecule has 0 aliphatic carbocycles. The van der Waals surface area contributed by atoms with Crippen LogP contribution in [0.5, 0.6) is 0 Å².